The van der Waals surface area contributed by atoms with E-state index in [-0.39, 0.29) is 17.1 Å². The SMILES string of the molecule is CCN(CC(C)(C)CN)C(=O)c1nn[nH]n1. The molecule has 0 aliphatic carbocycles. The highest BCUT2D eigenvalue weighted by molar-refractivity contribution is 5.90. The third kappa shape index (κ3) is 2.99. The number of nitrogens with one attached hydrogen (secondary N) is 1. The molecule has 7 nitrogen and oxygen atoms in total. The van der Waals surface area contributed by atoms with E-state index in [1.165, 1.54) is 0 Å². The highest BCUT2D eigenvalue weighted by Gasteiger charge is 2.25. The number of tetrazole rings is 1. The van der Waals surface area contributed by atoms with Crippen LogP contribution in [-0.2, 0) is 0 Å². The number of nitrogens with two attached hydrogens (primary N) is 1. The molecule has 1 aromatic heterocycles. The van der Waals surface area contributed by atoms with Crippen LogP contribution in [0, 0.1) is 5.41 Å². The summed E-state index contributed by atoms with van der Waals surface area (Å²) in [5, 5.41) is 13.0. The van der Waals surface area contributed by atoms with Gasteiger partial charge in [-0.3, -0.25) is 4.79 Å². The lowest BCUT2D eigenvalue weighted by atomic mass is 9.93. The average Bonchev–Trinajstić information content (AvgIpc) is 2.78. The Hall–Kier alpha value is -1.50. The molecule has 0 atom stereocenters. The minimum Gasteiger partial charge on any atom is -0.336 e. The highest BCUT2D eigenvalue weighted by Crippen LogP contribution is 2.15. The van der Waals surface area contributed by atoms with Crippen LogP contribution in [0.25, 0.3) is 0 Å². The third-order valence-electron chi connectivity index (χ3n) is 2.38. The van der Waals surface area contributed by atoms with E-state index in [2.05, 4.69) is 20.6 Å². The lowest BCUT2D eigenvalue weighted by Gasteiger charge is -2.30. The zero-order valence-electron chi connectivity index (χ0n) is 9.90. The van der Waals surface area contributed by atoms with Crippen LogP contribution in [0.4, 0.5) is 0 Å². The molecule has 0 aliphatic rings. The van der Waals surface area contributed by atoms with Gasteiger partial charge in [0.15, 0.2) is 0 Å². The Kier molecular flexibility index (Phi) is 3.94. The predicted octanol–water partition coefficient (Wildman–Crippen LogP) is -0.353. The summed E-state index contributed by atoms with van der Waals surface area (Å²) in [6.45, 7) is 7.62. The number of amides is 1. The summed E-state index contributed by atoms with van der Waals surface area (Å²) in [6, 6.07) is 0. The third-order valence-corrected chi connectivity index (χ3v) is 2.38. The normalized spacial score (nSPS) is 11.5. The van der Waals surface area contributed by atoms with Gasteiger partial charge in [0.05, 0.1) is 0 Å². The van der Waals surface area contributed by atoms with Gasteiger partial charge in [0, 0.05) is 13.1 Å². The van der Waals surface area contributed by atoms with Crippen molar-refractivity contribution in [3.63, 3.8) is 0 Å². The molecule has 7 heteroatoms. The monoisotopic (exact) mass is 226 g/mol. The standard InChI is InChI=1S/C9H18N6O/c1-4-15(6-9(2,3)5-10)8(16)7-11-13-14-12-7/h4-6,10H2,1-3H3,(H,11,12,13,14). The van der Waals surface area contributed by atoms with Gasteiger partial charge < -0.3 is 10.6 Å². The summed E-state index contributed by atoms with van der Waals surface area (Å²) in [5.74, 6) is -0.132. The number of hydrogen-bond acceptors (Lipinski definition) is 5. The number of nitrogens with zero attached hydrogens (tertiary/aromatic N) is 4. The van der Waals surface area contributed by atoms with Crippen LogP contribution in [0.1, 0.15) is 31.4 Å². The minimum atomic E-state index is -0.224. The van der Waals surface area contributed by atoms with Gasteiger partial charge in [-0.25, -0.2) is 0 Å². The fraction of sp³-hybridized carbons (Fsp3) is 0.778. The second-order valence-corrected chi connectivity index (χ2v) is 4.42. The summed E-state index contributed by atoms with van der Waals surface area (Å²) in [4.78, 5) is 13.6. The predicted molar refractivity (Wildman–Crippen MR) is 58.6 cm³/mol. The Morgan fingerprint density at radius 1 is 1.56 bits per heavy atom. The largest absolute Gasteiger partial charge is 0.336 e. The quantitative estimate of drug-likeness (QED) is 0.714. The maximum absolute atomic E-state index is 11.9. The molecule has 0 aliphatic heterocycles. The molecule has 3 N–H and O–H groups in total. The van der Waals surface area contributed by atoms with Gasteiger partial charge in [-0.1, -0.05) is 13.8 Å². The van der Waals surface area contributed by atoms with Crippen molar-refractivity contribution in [1.29, 1.82) is 0 Å². The van der Waals surface area contributed by atoms with Gasteiger partial charge in [-0.15, -0.1) is 10.2 Å². The molecule has 0 radical (unpaired) electrons. The molecule has 0 saturated carbocycles. The van der Waals surface area contributed by atoms with E-state index in [9.17, 15) is 4.79 Å². The molecule has 0 bridgehead atoms. The topological polar surface area (TPSA) is 101 Å². The zero-order chi connectivity index (χ0) is 12.2. The van der Waals surface area contributed by atoms with Gasteiger partial charge in [0.1, 0.15) is 0 Å². The fourth-order valence-electron chi connectivity index (χ4n) is 1.30. The molecule has 90 valence electrons. The smallest absolute Gasteiger partial charge is 0.295 e. The molecule has 0 saturated heterocycles. The van der Waals surface area contributed by atoms with Crippen LogP contribution in [-0.4, -0.2) is 51.1 Å². The van der Waals surface area contributed by atoms with E-state index >= 15 is 0 Å². The van der Waals surface area contributed by atoms with Crippen LogP contribution in [0.2, 0.25) is 0 Å². The molecule has 1 amide bonds. The molecule has 1 aromatic rings. The van der Waals surface area contributed by atoms with Crippen molar-refractivity contribution in [3.8, 4) is 0 Å². The molecule has 1 rings (SSSR count). The zero-order valence-corrected chi connectivity index (χ0v) is 9.90. The van der Waals surface area contributed by atoms with Crippen molar-refractivity contribution >= 4 is 5.91 Å². The van der Waals surface area contributed by atoms with E-state index < -0.39 is 0 Å². The highest BCUT2D eigenvalue weighted by atomic mass is 16.2. The number of H-pyrrole nitrogens is 1. The first-order valence-electron chi connectivity index (χ1n) is 5.23. The molecule has 16 heavy (non-hydrogen) atoms. The number of carbonyl (C=O) groups is 1. The van der Waals surface area contributed by atoms with Crippen LogP contribution in [0.5, 0.6) is 0 Å². The summed E-state index contributed by atoms with van der Waals surface area (Å²) >= 11 is 0. The Bertz CT molecular complexity index is 334. The minimum absolute atomic E-state index is 0.0923. The summed E-state index contributed by atoms with van der Waals surface area (Å²) in [7, 11) is 0. The second-order valence-electron chi connectivity index (χ2n) is 4.42. The Balaban J connectivity index is 2.72. The lowest BCUT2D eigenvalue weighted by Crippen LogP contribution is -2.42. The van der Waals surface area contributed by atoms with Crippen molar-refractivity contribution in [1.82, 2.24) is 25.5 Å². The van der Waals surface area contributed by atoms with Gasteiger partial charge in [-0.2, -0.15) is 5.21 Å². The van der Waals surface area contributed by atoms with E-state index in [1.807, 2.05) is 20.8 Å². The number of rotatable bonds is 5. The van der Waals surface area contributed by atoms with Crippen LogP contribution in [0.3, 0.4) is 0 Å². The van der Waals surface area contributed by atoms with Crippen LogP contribution < -0.4 is 5.73 Å². The van der Waals surface area contributed by atoms with Crippen LogP contribution in [0.15, 0.2) is 0 Å². The molecule has 0 spiro atoms. The molecule has 1 heterocycles. The summed E-state index contributed by atoms with van der Waals surface area (Å²) < 4.78 is 0. The summed E-state index contributed by atoms with van der Waals surface area (Å²) in [6.07, 6.45) is 0. The number of aromatic amines is 1. The van der Waals surface area contributed by atoms with Gasteiger partial charge >= 0.3 is 0 Å². The average molecular weight is 226 g/mol. The molecular weight excluding hydrogens is 208 g/mol. The number of carbonyl (C=O) groups excluding carboxylic acids is 1. The van der Waals surface area contributed by atoms with Gasteiger partial charge in [-0.05, 0) is 24.1 Å². The van der Waals surface area contributed by atoms with Gasteiger partial charge in [0.25, 0.3) is 11.7 Å². The Morgan fingerprint density at radius 2 is 2.25 bits per heavy atom. The first kappa shape index (κ1) is 12.6. The second kappa shape index (κ2) is 5.02. The van der Waals surface area contributed by atoms with E-state index in [4.69, 9.17) is 5.73 Å². The fourth-order valence-corrected chi connectivity index (χ4v) is 1.30. The first-order valence-corrected chi connectivity index (χ1v) is 5.23. The lowest BCUT2D eigenvalue weighted by molar-refractivity contribution is 0.0688. The van der Waals surface area contributed by atoms with Crippen LogP contribution >= 0.6 is 0 Å². The Labute approximate surface area is 94.4 Å². The van der Waals surface area contributed by atoms with Crippen molar-refractivity contribution < 1.29 is 4.79 Å². The summed E-state index contributed by atoms with van der Waals surface area (Å²) in [5.41, 5.74) is 5.52. The van der Waals surface area contributed by atoms with Gasteiger partial charge in [0.2, 0.25) is 0 Å². The van der Waals surface area contributed by atoms with Crippen molar-refractivity contribution in [2.24, 2.45) is 11.1 Å². The maximum atomic E-state index is 11.9. The maximum Gasteiger partial charge on any atom is 0.295 e. The van der Waals surface area contributed by atoms with E-state index in [1.54, 1.807) is 4.90 Å². The molecule has 0 fully saturated rings. The molecular formula is C9H18N6O. The Morgan fingerprint density at radius 3 is 2.69 bits per heavy atom. The molecule has 0 unspecified atom stereocenters. The van der Waals surface area contributed by atoms with Crippen molar-refractivity contribution in [3.05, 3.63) is 5.82 Å². The molecule has 0 aromatic carbocycles. The van der Waals surface area contributed by atoms with E-state index in [0.29, 0.717) is 19.6 Å². The van der Waals surface area contributed by atoms with E-state index in [0.717, 1.165) is 0 Å². The number of aromatic nitrogens is 4. The van der Waals surface area contributed by atoms with Crippen molar-refractivity contribution in [2.45, 2.75) is 20.8 Å². The first-order chi connectivity index (χ1) is 7.50. The number of hydrogen-bond donors (Lipinski definition) is 2. The van der Waals surface area contributed by atoms with Crippen molar-refractivity contribution in [2.75, 3.05) is 19.6 Å².